The summed E-state index contributed by atoms with van der Waals surface area (Å²) in [6.07, 6.45) is 0. The second kappa shape index (κ2) is 5.35. The smallest absolute Gasteiger partial charge is 0.222 e. The molecule has 1 heterocycles. The van der Waals surface area contributed by atoms with Crippen LogP contribution in [0.1, 0.15) is 11.1 Å². The van der Waals surface area contributed by atoms with Crippen molar-refractivity contribution in [1.82, 2.24) is 9.97 Å². The van der Waals surface area contributed by atoms with Crippen molar-refractivity contribution in [2.75, 3.05) is 18.6 Å². The van der Waals surface area contributed by atoms with Crippen molar-refractivity contribution >= 4 is 27.7 Å². The molecule has 0 radical (unpaired) electrons. The molecular formula is C13H12BrN5O. The SMILES string of the molecule is COc1c(Br)ccc(C)c1-c1nc(N)nc(N)c1C#N. The lowest BCUT2D eigenvalue weighted by Crippen LogP contribution is -2.06. The molecule has 0 saturated carbocycles. The summed E-state index contributed by atoms with van der Waals surface area (Å²) in [6, 6.07) is 5.76. The molecule has 0 fully saturated rings. The maximum Gasteiger partial charge on any atom is 0.222 e. The molecule has 20 heavy (non-hydrogen) atoms. The Hall–Kier alpha value is -2.33. The van der Waals surface area contributed by atoms with Gasteiger partial charge in [0, 0.05) is 5.56 Å². The Bertz CT molecular complexity index is 724. The molecule has 0 aliphatic rings. The van der Waals surface area contributed by atoms with E-state index < -0.39 is 0 Å². The van der Waals surface area contributed by atoms with Crippen molar-refractivity contribution in [3.05, 3.63) is 27.7 Å². The van der Waals surface area contributed by atoms with E-state index in [1.807, 2.05) is 25.1 Å². The quantitative estimate of drug-likeness (QED) is 0.871. The van der Waals surface area contributed by atoms with E-state index >= 15 is 0 Å². The number of rotatable bonds is 2. The van der Waals surface area contributed by atoms with Crippen LogP contribution in [0.15, 0.2) is 16.6 Å². The average Bonchev–Trinajstić information content (AvgIpc) is 2.40. The van der Waals surface area contributed by atoms with Gasteiger partial charge in [-0.15, -0.1) is 0 Å². The van der Waals surface area contributed by atoms with Gasteiger partial charge in [0.2, 0.25) is 5.95 Å². The summed E-state index contributed by atoms with van der Waals surface area (Å²) in [4.78, 5) is 7.96. The summed E-state index contributed by atoms with van der Waals surface area (Å²) in [5, 5.41) is 9.27. The molecule has 2 aromatic rings. The van der Waals surface area contributed by atoms with E-state index in [1.54, 1.807) is 7.11 Å². The predicted molar refractivity (Wildman–Crippen MR) is 80.0 cm³/mol. The lowest BCUT2D eigenvalue weighted by molar-refractivity contribution is 0.413. The molecule has 0 unspecified atom stereocenters. The number of halogens is 1. The van der Waals surface area contributed by atoms with E-state index in [0.717, 1.165) is 10.0 Å². The maximum absolute atomic E-state index is 9.27. The van der Waals surface area contributed by atoms with Crippen LogP contribution in [0.25, 0.3) is 11.3 Å². The van der Waals surface area contributed by atoms with E-state index in [-0.39, 0.29) is 17.3 Å². The molecule has 0 amide bonds. The van der Waals surface area contributed by atoms with Crippen molar-refractivity contribution in [1.29, 1.82) is 5.26 Å². The van der Waals surface area contributed by atoms with Crippen LogP contribution < -0.4 is 16.2 Å². The van der Waals surface area contributed by atoms with Gasteiger partial charge < -0.3 is 16.2 Å². The van der Waals surface area contributed by atoms with Crippen LogP contribution >= 0.6 is 15.9 Å². The number of aryl methyl sites for hydroxylation is 1. The number of ether oxygens (including phenoxy) is 1. The van der Waals surface area contributed by atoms with Crippen molar-refractivity contribution < 1.29 is 4.74 Å². The third kappa shape index (κ3) is 2.26. The van der Waals surface area contributed by atoms with Crippen LogP contribution in [-0.4, -0.2) is 17.1 Å². The van der Waals surface area contributed by atoms with Crippen molar-refractivity contribution in [3.63, 3.8) is 0 Å². The van der Waals surface area contributed by atoms with Gasteiger partial charge in [-0.3, -0.25) is 0 Å². The number of hydrogen-bond acceptors (Lipinski definition) is 6. The summed E-state index contributed by atoms with van der Waals surface area (Å²) < 4.78 is 6.14. The van der Waals surface area contributed by atoms with E-state index in [1.165, 1.54) is 0 Å². The number of nitrogen functional groups attached to an aromatic ring is 2. The molecule has 0 saturated heterocycles. The third-order valence-electron chi connectivity index (χ3n) is 2.83. The Morgan fingerprint density at radius 3 is 2.60 bits per heavy atom. The van der Waals surface area contributed by atoms with Gasteiger partial charge in [0.15, 0.2) is 0 Å². The molecular weight excluding hydrogens is 322 g/mol. The van der Waals surface area contributed by atoms with Crippen molar-refractivity contribution in [2.45, 2.75) is 6.92 Å². The molecule has 2 rings (SSSR count). The monoisotopic (exact) mass is 333 g/mol. The van der Waals surface area contributed by atoms with Gasteiger partial charge in [-0.1, -0.05) is 6.07 Å². The Labute approximate surface area is 124 Å². The number of nitrogens with zero attached hydrogens (tertiary/aromatic N) is 3. The molecule has 0 aliphatic carbocycles. The third-order valence-corrected chi connectivity index (χ3v) is 3.45. The summed E-state index contributed by atoms with van der Waals surface area (Å²) >= 11 is 3.41. The van der Waals surface area contributed by atoms with Gasteiger partial charge in [0.1, 0.15) is 23.2 Å². The zero-order chi connectivity index (χ0) is 14.9. The molecule has 0 aliphatic heterocycles. The van der Waals surface area contributed by atoms with E-state index in [9.17, 15) is 5.26 Å². The number of nitriles is 1. The minimum Gasteiger partial charge on any atom is -0.495 e. The number of anilines is 2. The zero-order valence-corrected chi connectivity index (χ0v) is 12.5. The summed E-state index contributed by atoms with van der Waals surface area (Å²) in [5.74, 6) is 0.633. The molecule has 0 atom stereocenters. The highest BCUT2D eigenvalue weighted by Crippen LogP contribution is 2.40. The lowest BCUT2D eigenvalue weighted by atomic mass is 10.0. The van der Waals surface area contributed by atoms with E-state index in [2.05, 4.69) is 25.9 Å². The van der Waals surface area contributed by atoms with Crippen LogP contribution in [0, 0.1) is 18.3 Å². The fraction of sp³-hybridized carbons (Fsp3) is 0.154. The average molecular weight is 334 g/mol. The topological polar surface area (TPSA) is 111 Å². The van der Waals surface area contributed by atoms with Crippen LogP contribution in [0.3, 0.4) is 0 Å². The summed E-state index contributed by atoms with van der Waals surface area (Å²) in [5.41, 5.74) is 13.5. The number of aromatic nitrogens is 2. The van der Waals surface area contributed by atoms with Gasteiger partial charge in [0.25, 0.3) is 0 Å². The minimum absolute atomic E-state index is 0.0120. The van der Waals surface area contributed by atoms with Gasteiger partial charge in [-0.2, -0.15) is 10.2 Å². The first-order chi connectivity index (χ1) is 9.49. The molecule has 0 spiro atoms. The largest absolute Gasteiger partial charge is 0.495 e. The Balaban J connectivity index is 2.89. The molecule has 0 bridgehead atoms. The number of nitrogens with two attached hydrogens (primary N) is 2. The van der Waals surface area contributed by atoms with Crippen LogP contribution in [-0.2, 0) is 0 Å². The molecule has 7 heteroatoms. The predicted octanol–water partition coefficient (Wildman–Crippen LogP) is 2.26. The highest BCUT2D eigenvalue weighted by molar-refractivity contribution is 9.10. The Morgan fingerprint density at radius 1 is 1.30 bits per heavy atom. The minimum atomic E-state index is 0.0120. The highest BCUT2D eigenvalue weighted by atomic mass is 79.9. The molecule has 102 valence electrons. The summed E-state index contributed by atoms with van der Waals surface area (Å²) in [6.45, 7) is 1.89. The van der Waals surface area contributed by atoms with Crippen LogP contribution in [0.5, 0.6) is 5.75 Å². The van der Waals surface area contributed by atoms with E-state index in [0.29, 0.717) is 17.0 Å². The first-order valence-corrected chi connectivity index (χ1v) is 6.45. The zero-order valence-electron chi connectivity index (χ0n) is 10.9. The first kappa shape index (κ1) is 14.1. The van der Waals surface area contributed by atoms with E-state index in [4.69, 9.17) is 16.2 Å². The van der Waals surface area contributed by atoms with Gasteiger partial charge in [-0.25, -0.2) is 4.98 Å². The Morgan fingerprint density at radius 2 is 2.00 bits per heavy atom. The number of hydrogen-bond donors (Lipinski definition) is 2. The standard InChI is InChI=1S/C13H12BrN5O/c1-6-3-4-8(14)11(20-2)9(6)10-7(5-15)12(16)19-13(17)18-10/h3-4H,1-2H3,(H4,16,17,18,19). The fourth-order valence-corrected chi connectivity index (χ4v) is 2.43. The number of benzene rings is 1. The normalized spacial score (nSPS) is 10.1. The van der Waals surface area contributed by atoms with Crippen molar-refractivity contribution in [2.24, 2.45) is 0 Å². The second-order valence-corrected chi connectivity index (χ2v) is 4.93. The van der Waals surface area contributed by atoms with Crippen LogP contribution in [0.4, 0.5) is 11.8 Å². The highest BCUT2D eigenvalue weighted by Gasteiger charge is 2.20. The molecule has 1 aromatic carbocycles. The molecule has 4 N–H and O–H groups in total. The first-order valence-electron chi connectivity index (χ1n) is 5.66. The van der Waals surface area contributed by atoms with Gasteiger partial charge in [0.05, 0.1) is 17.3 Å². The Kier molecular flexibility index (Phi) is 3.77. The number of methoxy groups -OCH3 is 1. The van der Waals surface area contributed by atoms with Gasteiger partial charge >= 0.3 is 0 Å². The lowest BCUT2D eigenvalue weighted by Gasteiger charge is -2.14. The second-order valence-electron chi connectivity index (χ2n) is 4.07. The summed E-state index contributed by atoms with van der Waals surface area (Å²) in [7, 11) is 1.54. The fourth-order valence-electron chi connectivity index (χ4n) is 1.94. The maximum atomic E-state index is 9.27. The molecule has 6 nitrogen and oxygen atoms in total. The van der Waals surface area contributed by atoms with Crippen LogP contribution in [0.2, 0.25) is 0 Å². The van der Waals surface area contributed by atoms with Crippen molar-refractivity contribution in [3.8, 4) is 23.1 Å². The molecule has 1 aromatic heterocycles. The van der Waals surface area contributed by atoms with Gasteiger partial charge in [-0.05, 0) is 34.5 Å².